The van der Waals surface area contributed by atoms with Crippen molar-refractivity contribution >= 4 is 23.3 Å². The highest BCUT2D eigenvalue weighted by atomic mass is 16.5. The summed E-state index contributed by atoms with van der Waals surface area (Å²) < 4.78 is 15.3. The second-order valence-corrected chi connectivity index (χ2v) is 5.54. The number of hydrogen-bond acceptors (Lipinski definition) is 6. The van der Waals surface area contributed by atoms with Gasteiger partial charge in [0.25, 0.3) is 0 Å². The monoisotopic (exact) mass is 371 g/mol. The number of esters is 1. The Morgan fingerprint density at radius 2 is 1.67 bits per heavy atom. The van der Waals surface area contributed by atoms with Gasteiger partial charge in [0.1, 0.15) is 17.1 Å². The van der Waals surface area contributed by atoms with Crippen LogP contribution >= 0.6 is 0 Å². The predicted molar refractivity (Wildman–Crippen MR) is 99.5 cm³/mol. The Kier molecular flexibility index (Phi) is 6.93. The van der Waals surface area contributed by atoms with Gasteiger partial charge in [-0.15, -0.1) is 0 Å². The van der Waals surface area contributed by atoms with E-state index in [9.17, 15) is 14.4 Å². The van der Waals surface area contributed by atoms with Crippen molar-refractivity contribution in [2.45, 2.75) is 13.3 Å². The normalized spacial score (nSPS) is 10.0. The third-order valence-corrected chi connectivity index (χ3v) is 3.77. The standard InChI is InChI=1S/C20H21NO6/c1-4-19(23)21-14-7-5-13(6-8-14)17(22)12-27-20(24)16-11-15(25-2)9-10-18(16)26-3/h5-11H,4,12H2,1-3H3,(H,21,23). The first-order chi connectivity index (χ1) is 13.0. The molecule has 0 saturated carbocycles. The molecular weight excluding hydrogens is 350 g/mol. The van der Waals surface area contributed by atoms with Gasteiger partial charge in [0, 0.05) is 17.7 Å². The lowest BCUT2D eigenvalue weighted by molar-refractivity contribution is -0.115. The molecule has 0 bridgehead atoms. The summed E-state index contributed by atoms with van der Waals surface area (Å²) in [6.07, 6.45) is 0.365. The van der Waals surface area contributed by atoms with Gasteiger partial charge in [-0.2, -0.15) is 0 Å². The van der Waals surface area contributed by atoms with Gasteiger partial charge in [-0.25, -0.2) is 4.79 Å². The molecule has 0 aromatic heterocycles. The average molecular weight is 371 g/mol. The third-order valence-electron chi connectivity index (χ3n) is 3.77. The highest BCUT2D eigenvalue weighted by molar-refractivity contribution is 6.00. The Hall–Kier alpha value is -3.35. The molecule has 0 unspecified atom stereocenters. The lowest BCUT2D eigenvalue weighted by atomic mass is 10.1. The van der Waals surface area contributed by atoms with Gasteiger partial charge in [0.05, 0.1) is 14.2 Å². The van der Waals surface area contributed by atoms with Gasteiger partial charge in [0.15, 0.2) is 12.4 Å². The van der Waals surface area contributed by atoms with Gasteiger partial charge in [-0.1, -0.05) is 6.92 Å². The number of ether oxygens (including phenoxy) is 3. The fourth-order valence-electron chi connectivity index (χ4n) is 2.25. The maximum absolute atomic E-state index is 12.3. The van der Waals surface area contributed by atoms with Crippen LogP contribution in [0.25, 0.3) is 0 Å². The summed E-state index contributed by atoms with van der Waals surface area (Å²) in [6.45, 7) is 1.33. The minimum atomic E-state index is -0.689. The first kappa shape index (κ1) is 20.0. The summed E-state index contributed by atoms with van der Waals surface area (Å²) in [5.74, 6) is -0.372. The van der Waals surface area contributed by atoms with Gasteiger partial charge in [-0.3, -0.25) is 9.59 Å². The molecule has 0 aliphatic carbocycles. The molecule has 142 valence electrons. The van der Waals surface area contributed by atoms with Crippen LogP contribution in [0.3, 0.4) is 0 Å². The molecule has 2 aromatic carbocycles. The van der Waals surface area contributed by atoms with Gasteiger partial charge >= 0.3 is 5.97 Å². The average Bonchev–Trinajstić information content (AvgIpc) is 2.71. The Bertz CT molecular complexity index is 829. The summed E-state index contributed by atoms with van der Waals surface area (Å²) in [5, 5.41) is 2.69. The second-order valence-electron chi connectivity index (χ2n) is 5.54. The van der Waals surface area contributed by atoms with Crippen molar-refractivity contribution in [2.75, 3.05) is 26.1 Å². The van der Waals surface area contributed by atoms with E-state index in [1.807, 2.05) is 0 Å². The molecule has 0 heterocycles. The second kappa shape index (κ2) is 9.38. The Morgan fingerprint density at radius 1 is 0.963 bits per heavy atom. The summed E-state index contributed by atoms with van der Waals surface area (Å²) in [7, 11) is 2.91. The van der Waals surface area contributed by atoms with Crippen LogP contribution in [0, 0.1) is 0 Å². The molecule has 0 aliphatic heterocycles. The lowest BCUT2D eigenvalue weighted by Crippen LogP contribution is -2.15. The topological polar surface area (TPSA) is 90.9 Å². The van der Waals surface area contributed by atoms with Crippen molar-refractivity contribution in [3.8, 4) is 11.5 Å². The molecular formula is C20H21NO6. The van der Waals surface area contributed by atoms with Crippen molar-refractivity contribution in [3.05, 3.63) is 53.6 Å². The zero-order valence-electron chi connectivity index (χ0n) is 15.4. The number of ketones is 1. The molecule has 27 heavy (non-hydrogen) atoms. The summed E-state index contributed by atoms with van der Waals surface area (Å²) in [6, 6.07) is 11.1. The Labute approximate surface area is 157 Å². The smallest absolute Gasteiger partial charge is 0.342 e. The molecule has 0 atom stereocenters. The van der Waals surface area contributed by atoms with E-state index in [0.717, 1.165) is 0 Å². The number of amides is 1. The first-order valence-electron chi connectivity index (χ1n) is 8.30. The van der Waals surface area contributed by atoms with Crippen LogP contribution in [0.5, 0.6) is 11.5 Å². The van der Waals surface area contributed by atoms with Crippen LogP contribution < -0.4 is 14.8 Å². The number of anilines is 1. The summed E-state index contributed by atoms with van der Waals surface area (Å²) >= 11 is 0. The number of methoxy groups -OCH3 is 2. The minimum absolute atomic E-state index is 0.116. The van der Waals surface area contributed by atoms with E-state index in [0.29, 0.717) is 29.2 Å². The number of carbonyl (C=O) groups is 3. The highest BCUT2D eigenvalue weighted by Crippen LogP contribution is 2.24. The molecule has 7 heteroatoms. The molecule has 0 spiro atoms. The number of Topliss-reactive ketones (excluding diaryl/α,β-unsaturated/α-hetero) is 1. The minimum Gasteiger partial charge on any atom is -0.497 e. The molecule has 0 fully saturated rings. The fourth-order valence-corrected chi connectivity index (χ4v) is 2.25. The molecule has 0 aliphatic rings. The molecule has 2 rings (SSSR count). The third kappa shape index (κ3) is 5.31. The van der Waals surface area contributed by atoms with E-state index in [1.165, 1.54) is 20.3 Å². The Morgan fingerprint density at radius 3 is 2.26 bits per heavy atom. The van der Waals surface area contributed by atoms with Crippen LogP contribution in [0.4, 0.5) is 5.69 Å². The number of rotatable bonds is 8. The zero-order chi connectivity index (χ0) is 19.8. The number of benzene rings is 2. The van der Waals surface area contributed by atoms with Crippen molar-refractivity contribution in [2.24, 2.45) is 0 Å². The van der Waals surface area contributed by atoms with Crippen LogP contribution in [0.2, 0.25) is 0 Å². The molecule has 2 aromatic rings. The van der Waals surface area contributed by atoms with Crippen molar-refractivity contribution in [1.29, 1.82) is 0 Å². The fraction of sp³-hybridized carbons (Fsp3) is 0.250. The van der Waals surface area contributed by atoms with Gasteiger partial charge < -0.3 is 19.5 Å². The van der Waals surface area contributed by atoms with Crippen LogP contribution in [0.1, 0.15) is 34.1 Å². The van der Waals surface area contributed by atoms with Gasteiger partial charge in [0.2, 0.25) is 5.91 Å². The lowest BCUT2D eigenvalue weighted by Gasteiger charge is -2.10. The molecule has 0 saturated heterocycles. The summed E-state index contributed by atoms with van der Waals surface area (Å²) in [4.78, 5) is 35.9. The molecule has 0 radical (unpaired) electrons. The molecule has 7 nitrogen and oxygen atoms in total. The predicted octanol–water partition coefficient (Wildman–Crippen LogP) is 3.09. The van der Waals surface area contributed by atoms with Crippen LogP contribution in [0.15, 0.2) is 42.5 Å². The van der Waals surface area contributed by atoms with Crippen molar-refractivity contribution in [3.63, 3.8) is 0 Å². The summed E-state index contributed by atoms with van der Waals surface area (Å²) in [5.41, 5.74) is 1.13. The maximum atomic E-state index is 12.3. The van der Waals surface area contributed by atoms with Crippen LogP contribution in [-0.2, 0) is 9.53 Å². The van der Waals surface area contributed by atoms with Crippen molar-refractivity contribution in [1.82, 2.24) is 0 Å². The molecule has 1 amide bonds. The van der Waals surface area contributed by atoms with Gasteiger partial charge in [-0.05, 0) is 42.5 Å². The van der Waals surface area contributed by atoms with Crippen molar-refractivity contribution < 1.29 is 28.6 Å². The van der Waals surface area contributed by atoms with E-state index in [2.05, 4.69) is 5.32 Å². The first-order valence-corrected chi connectivity index (χ1v) is 8.30. The number of nitrogens with one attached hydrogen (secondary N) is 1. The van der Waals surface area contributed by atoms with E-state index in [1.54, 1.807) is 43.3 Å². The quantitative estimate of drug-likeness (QED) is 0.566. The number of hydrogen-bond donors (Lipinski definition) is 1. The molecule has 1 N–H and O–H groups in total. The zero-order valence-corrected chi connectivity index (χ0v) is 15.4. The highest BCUT2D eigenvalue weighted by Gasteiger charge is 2.17. The van der Waals surface area contributed by atoms with E-state index in [-0.39, 0.29) is 17.3 Å². The maximum Gasteiger partial charge on any atom is 0.342 e. The van der Waals surface area contributed by atoms with E-state index in [4.69, 9.17) is 14.2 Å². The largest absolute Gasteiger partial charge is 0.497 e. The van der Waals surface area contributed by atoms with E-state index >= 15 is 0 Å². The Balaban J connectivity index is 2.01. The number of carbonyl (C=O) groups excluding carboxylic acids is 3. The van der Waals surface area contributed by atoms with Crippen LogP contribution in [-0.4, -0.2) is 38.5 Å². The van der Waals surface area contributed by atoms with E-state index < -0.39 is 12.6 Å². The SMILES string of the molecule is CCC(=O)Nc1ccc(C(=O)COC(=O)c2cc(OC)ccc2OC)cc1.